The summed E-state index contributed by atoms with van der Waals surface area (Å²) in [7, 11) is 0. The van der Waals surface area contributed by atoms with E-state index in [9.17, 15) is 4.79 Å². The normalized spacial score (nSPS) is 8.73. The molecule has 1 aromatic heterocycles. The Balaban J connectivity index is 2.87. The number of amides is 1. The summed E-state index contributed by atoms with van der Waals surface area (Å²) in [6, 6.07) is 1.87. The van der Waals surface area contributed by atoms with Crippen LogP contribution in [-0.4, -0.2) is 16.1 Å². The summed E-state index contributed by atoms with van der Waals surface area (Å²) >= 11 is 0. The second-order valence-electron chi connectivity index (χ2n) is 1.95. The number of aromatic nitrogens is 2. The predicted molar refractivity (Wildman–Crippen MR) is 37.6 cm³/mol. The molecule has 56 valence electrons. The van der Waals surface area contributed by atoms with Crippen LogP contribution < -0.4 is 5.32 Å². The lowest BCUT2D eigenvalue weighted by Crippen LogP contribution is -2.07. The molecule has 1 amide bonds. The number of rotatable bonds is 1. The molecule has 0 fully saturated rings. The summed E-state index contributed by atoms with van der Waals surface area (Å²) in [6.07, 6.45) is 1.35. The maximum Gasteiger partial charge on any atom is 0.222 e. The number of anilines is 1. The average molecular weight is 150 g/mol. The van der Waals surface area contributed by atoms with Crippen LogP contribution in [0.1, 0.15) is 12.5 Å². The van der Waals surface area contributed by atoms with E-state index in [2.05, 4.69) is 15.5 Å². The zero-order chi connectivity index (χ0) is 8.27. The van der Waals surface area contributed by atoms with Gasteiger partial charge in [-0.2, -0.15) is 10.4 Å². The Labute approximate surface area is 63.0 Å². The molecular formula is C6H6N4O. The number of hydrogen-bond acceptors (Lipinski definition) is 3. The van der Waals surface area contributed by atoms with Gasteiger partial charge >= 0.3 is 0 Å². The van der Waals surface area contributed by atoms with Gasteiger partial charge in [-0.25, -0.2) is 0 Å². The number of carbonyl (C=O) groups excluding carboxylic acids is 1. The Morgan fingerprint density at radius 1 is 1.91 bits per heavy atom. The van der Waals surface area contributed by atoms with Gasteiger partial charge in [0.2, 0.25) is 5.91 Å². The van der Waals surface area contributed by atoms with E-state index in [1.54, 1.807) is 0 Å². The standard InChI is InChI=1S/C6H6N4O/c1-4(11)9-6-5(2-7)3-8-10-6/h3H,1H3,(H2,8,9,10,11). The predicted octanol–water partition coefficient (Wildman–Crippen LogP) is 0.240. The highest BCUT2D eigenvalue weighted by atomic mass is 16.1. The van der Waals surface area contributed by atoms with E-state index >= 15 is 0 Å². The molecule has 0 saturated heterocycles. The first-order chi connectivity index (χ1) is 5.24. The Bertz CT molecular complexity index is 309. The summed E-state index contributed by atoms with van der Waals surface area (Å²) in [6.45, 7) is 1.36. The van der Waals surface area contributed by atoms with Gasteiger partial charge in [-0.15, -0.1) is 0 Å². The molecule has 5 heteroatoms. The van der Waals surface area contributed by atoms with Crippen LogP contribution >= 0.6 is 0 Å². The molecule has 11 heavy (non-hydrogen) atoms. The average Bonchev–Trinajstić information content (AvgIpc) is 2.34. The van der Waals surface area contributed by atoms with Crippen molar-refractivity contribution in [3.05, 3.63) is 11.8 Å². The summed E-state index contributed by atoms with van der Waals surface area (Å²) in [5.41, 5.74) is 0.334. The quantitative estimate of drug-likeness (QED) is 0.601. The lowest BCUT2D eigenvalue weighted by molar-refractivity contribution is -0.114. The zero-order valence-electron chi connectivity index (χ0n) is 5.88. The second kappa shape index (κ2) is 2.84. The van der Waals surface area contributed by atoms with Gasteiger partial charge in [0, 0.05) is 6.92 Å². The molecule has 2 N–H and O–H groups in total. The van der Waals surface area contributed by atoms with E-state index in [0.29, 0.717) is 11.4 Å². The molecule has 0 saturated carbocycles. The SMILES string of the molecule is CC(=O)Nc1[nH]ncc1C#N. The molecular weight excluding hydrogens is 144 g/mol. The third kappa shape index (κ3) is 1.55. The van der Waals surface area contributed by atoms with Crippen molar-refractivity contribution in [1.29, 1.82) is 5.26 Å². The minimum Gasteiger partial charge on any atom is -0.310 e. The lowest BCUT2D eigenvalue weighted by atomic mass is 10.3. The van der Waals surface area contributed by atoms with Crippen molar-refractivity contribution < 1.29 is 4.79 Å². The smallest absolute Gasteiger partial charge is 0.222 e. The maximum absolute atomic E-state index is 10.5. The third-order valence-electron chi connectivity index (χ3n) is 1.06. The molecule has 5 nitrogen and oxygen atoms in total. The highest BCUT2D eigenvalue weighted by molar-refractivity contribution is 5.88. The van der Waals surface area contributed by atoms with Gasteiger partial charge < -0.3 is 5.32 Å². The molecule has 0 aliphatic rings. The van der Waals surface area contributed by atoms with Crippen molar-refractivity contribution in [2.24, 2.45) is 0 Å². The van der Waals surface area contributed by atoms with E-state index in [0.717, 1.165) is 0 Å². The van der Waals surface area contributed by atoms with Gasteiger partial charge in [0.25, 0.3) is 0 Å². The van der Waals surface area contributed by atoms with Crippen molar-refractivity contribution in [3.8, 4) is 6.07 Å². The number of aromatic amines is 1. The van der Waals surface area contributed by atoms with Gasteiger partial charge in [0.05, 0.1) is 6.20 Å². The largest absolute Gasteiger partial charge is 0.310 e. The minimum absolute atomic E-state index is 0.231. The van der Waals surface area contributed by atoms with Crippen molar-refractivity contribution >= 4 is 11.7 Å². The summed E-state index contributed by atoms with van der Waals surface area (Å²) < 4.78 is 0. The molecule has 1 aromatic rings. The topological polar surface area (TPSA) is 81.6 Å². The molecule has 0 atom stereocenters. The Morgan fingerprint density at radius 3 is 3.18 bits per heavy atom. The Hall–Kier alpha value is -1.83. The molecule has 0 aliphatic heterocycles. The lowest BCUT2D eigenvalue weighted by Gasteiger charge is -1.95. The van der Waals surface area contributed by atoms with Crippen LogP contribution in [0.15, 0.2) is 6.20 Å². The number of H-pyrrole nitrogens is 1. The van der Waals surface area contributed by atoms with Gasteiger partial charge in [-0.3, -0.25) is 9.89 Å². The van der Waals surface area contributed by atoms with Gasteiger partial charge in [-0.05, 0) is 0 Å². The number of nitrogens with one attached hydrogen (secondary N) is 2. The van der Waals surface area contributed by atoms with Crippen LogP contribution in [0.3, 0.4) is 0 Å². The molecule has 0 aliphatic carbocycles. The van der Waals surface area contributed by atoms with Crippen molar-refractivity contribution in [2.45, 2.75) is 6.92 Å². The van der Waals surface area contributed by atoms with Crippen LogP contribution in [0, 0.1) is 11.3 Å². The first-order valence-corrected chi connectivity index (χ1v) is 2.95. The highest BCUT2D eigenvalue weighted by Gasteiger charge is 2.03. The minimum atomic E-state index is -0.231. The first kappa shape index (κ1) is 7.28. The molecule has 0 unspecified atom stereocenters. The van der Waals surface area contributed by atoms with Crippen molar-refractivity contribution in [2.75, 3.05) is 5.32 Å². The van der Waals surface area contributed by atoms with Crippen LogP contribution in [-0.2, 0) is 4.79 Å². The first-order valence-electron chi connectivity index (χ1n) is 2.95. The van der Waals surface area contributed by atoms with Gasteiger partial charge in [0.1, 0.15) is 17.5 Å². The fourth-order valence-electron chi connectivity index (χ4n) is 0.642. The van der Waals surface area contributed by atoms with Crippen LogP contribution in [0.2, 0.25) is 0 Å². The number of carbonyl (C=O) groups is 1. The fourth-order valence-corrected chi connectivity index (χ4v) is 0.642. The molecule has 0 aromatic carbocycles. The highest BCUT2D eigenvalue weighted by Crippen LogP contribution is 2.07. The second-order valence-corrected chi connectivity index (χ2v) is 1.95. The molecule has 0 bridgehead atoms. The Kier molecular flexibility index (Phi) is 1.88. The third-order valence-corrected chi connectivity index (χ3v) is 1.06. The zero-order valence-corrected chi connectivity index (χ0v) is 5.88. The number of nitrogens with zero attached hydrogens (tertiary/aromatic N) is 2. The van der Waals surface area contributed by atoms with Crippen LogP contribution in [0.4, 0.5) is 5.82 Å². The van der Waals surface area contributed by atoms with E-state index in [1.807, 2.05) is 6.07 Å². The molecule has 1 rings (SSSR count). The molecule has 0 spiro atoms. The van der Waals surface area contributed by atoms with Crippen molar-refractivity contribution in [3.63, 3.8) is 0 Å². The molecule has 0 radical (unpaired) electrons. The van der Waals surface area contributed by atoms with Crippen molar-refractivity contribution in [1.82, 2.24) is 10.2 Å². The van der Waals surface area contributed by atoms with E-state index in [4.69, 9.17) is 5.26 Å². The van der Waals surface area contributed by atoms with E-state index in [1.165, 1.54) is 13.1 Å². The fraction of sp³-hybridized carbons (Fsp3) is 0.167. The van der Waals surface area contributed by atoms with Crippen LogP contribution in [0.25, 0.3) is 0 Å². The summed E-state index contributed by atoms with van der Waals surface area (Å²) in [5.74, 6) is 0.116. The van der Waals surface area contributed by atoms with E-state index in [-0.39, 0.29) is 5.91 Å². The maximum atomic E-state index is 10.5. The monoisotopic (exact) mass is 150 g/mol. The molecule has 1 heterocycles. The van der Waals surface area contributed by atoms with Crippen LogP contribution in [0.5, 0.6) is 0 Å². The van der Waals surface area contributed by atoms with E-state index < -0.39 is 0 Å². The summed E-state index contributed by atoms with van der Waals surface area (Å²) in [5, 5.41) is 17.0. The number of hydrogen-bond donors (Lipinski definition) is 2. The van der Waals surface area contributed by atoms with Gasteiger partial charge in [0.15, 0.2) is 0 Å². The number of nitriles is 1. The summed E-state index contributed by atoms with van der Waals surface area (Å²) in [4.78, 5) is 10.5. The Morgan fingerprint density at radius 2 is 2.64 bits per heavy atom. The van der Waals surface area contributed by atoms with Gasteiger partial charge in [-0.1, -0.05) is 0 Å².